The van der Waals surface area contributed by atoms with E-state index in [2.05, 4.69) is 15.9 Å². The fraction of sp³-hybridized carbons (Fsp3) is 0.364. The van der Waals surface area contributed by atoms with Crippen LogP contribution in [0.2, 0.25) is 0 Å². The highest BCUT2D eigenvalue weighted by Crippen LogP contribution is 2.33. The molecule has 5 heteroatoms. The van der Waals surface area contributed by atoms with Gasteiger partial charge in [-0.15, -0.1) is 0 Å². The molecule has 1 amide bonds. The van der Waals surface area contributed by atoms with Crippen LogP contribution in [0.3, 0.4) is 0 Å². The largest absolute Gasteiger partial charge is 0.310 e. The molecule has 1 aromatic carbocycles. The summed E-state index contributed by atoms with van der Waals surface area (Å²) in [6.07, 6.45) is 0. The van der Waals surface area contributed by atoms with E-state index in [0.29, 0.717) is 6.54 Å². The summed E-state index contributed by atoms with van der Waals surface area (Å²) < 4.78 is 12.9. The minimum absolute atomic E-state index is 0.0635. The van der Waals surface area contributed by atoms with Crippen LogP contribution in [0.15, 0.2) is 27.6 Å². The van der Waals surface area contributed by atoms with Gasteiger partial charge in [0.1, 0.15) is 5.25 Å². The molecule has 1 aromatic rings. The third kappa shape index (κ3) is 1.72. The maximum atomic E-state index is 12.0. The molecule has 0 saturated carbocycles. The number of hydrogen-bond acceptors (Lipinski definition) is 2. The van der Waals surface area contributed by atoms with Crippen LogP contribution in [0.5, 0.6) is 0 Å². The molecule has 0 N–H and O–H groups in total. The van der Waals surface area contributed by atoms with Gasteiger partial charge in [0.05, 0.1) is 21.4 Å². The van der Waals surface area contributed by atoms with Crippen LogP contribution >= 0.6 is 15.9 Å². The Morgan fingerprint density at radius 3 is 2.81 bits per heavy atom. The summed E-state index contributed by atoms with van der Waals surface area (Å²) in [7, 11) is -1.23. The van der Waals surface area contributed by atoms with E-state index < -0.39 is 16.0 Å². The number of rotatable bonds is 1. The van der Waals surface area contributed by atoms with E-state index in [1.165, 1.54) is 0 Å². The lowest BCUT2D eigenvalue weighted by atomic mass is 10.2. The molecule has 0 spiro atoms. The Labute approximate surface area is 105 Å². The summed E-state index contributed by atoms with van der Waals surface area (Å²) in [5.41, 5.74) is 0.762. The molecule has 1 aliphatic rings. The van der Waals surface area contributed by atoms with Gasteiger partial charge in [-0.3, -0.25) is 9.00 Å². The Bertz CT molecular complexity index is 475. The minimum Gasteiger partial charge on any atom is -0.310 e. The van der Waals surface area contributed by atoms with Gasteiger partial charge in [0, 0.05) is 11.0 Å². The van der Waals surface area contributed by atoms with Crippen molar-refractivity contribution >= 4 is 38.3 Å². The maximum absolute atomic E-state index is 12.0. The summed E-state index contributed by atoms with van der Waals surface area (Å²) in [4.78, 5) is 14.4. The molecule has 86 valence electrons. The lowest BCUT2D eigenvalue weighted by molar-refractivity contribution is -0.118. The molecule has 16 heavy (non-hydrogen) atoms. The molecule has 3 nitrogen and oxygen atoms in total. The van der Waals surface area contributed by atoms with Crippen molar-refractivity contribution in [1.82, 2.24) is 0 Å². The van der Waals surface area contributed by atoms with Crippen LogP contribution in [0.4, 0.5) is 5.69 Å². The average Bonchev–Trinajstić information content (AvgIpc) is 2.27. The van der Waals surface area contributed by atoms with E-state index in [1.807, 2.05) is 25.1 Å². The zero-order valence-corrected chi connectivity index (χ0v) is 11.5. The second-order valence-corrected chi connectivity index (χ2v) is 6.29. The lowest BCUT2D eigenvalue weighted by Gasteiger charge is -2.31. The topological polar surface area (TPSA) is 37.4 Å². The summed E-state index contributed by atoms with van der Waals surface area (Å²) >= 11 is 3.37. The molecule has 2 rings (SSSR count). The molecule has 0 fully saturated rings. The number of nitrogens with zero attached hydrogens (tertiary/aromatic N) is 1. The molecular formula is C11H12BrNO2S. The lowest BCUT2D eigenvalue weighted by Crippen LogP contribution is -2.44. The molecule has 0 aromatic heterocycles. The van der Waals surface area contributed by atoms with Crippen molar-refractivity contribution in [2.45, 2.75) is 24.0 Å². The summed E-state index contributed by atoms with van der Waals surface area (Å²) in [6, 6.07) is 5.52. The Balaban J connectivity index is 2.63. The minimum atomic E-state index is -1.23. The molecule has 0 aliphatic carbocycles. The fourth-order valence-electron chi connectivity index (χ4n) is 1.82. The van der Waals surface area contributed by atoms with Crippen LogP contribution in [0.25, 0.3) is 0 Å². The third-order valence-corrected chi connectivity index (χ3v) is 4.80. The SMILES string of the molecule is CCN1C(=O)C(C)S(=O)c2ccc(Br)cc21. The van der Waals surface area contributed by atoms with E-state index in [-0.39, 0.29) is 5.91 Å². The first-order valence-electron chi connectivity index (χ1n) is 5.07. The number of benzene rings is 1. The molecule has 0 saturated heterocycles. The fourth-order valence-corrected chi connectivity index (χ4v) is 3.44. The molecule has 2 atom stereocenters. The van der Waals surface area contributed by atoms with E-state index in [0.717, 1.165) is 15.1 Å². The monoisotopic (exact) mass is 301 g/mol. The number of carbonyl (C=O) groups is 1. The number of fused-ring (bicyclic) bond motifs is 1. The Kier molecular flexibility index (Phi) is 3.17. The van der Waals surface area contributed by atoms with Crippen LogP contribution in [-0.4, -0.2) is 21.9 Å². The predicted molar refractivity (Wildman–Crippen MR) is 68.0 cm³/mol. The Morgan fingerprint density at radius 1 is 1.50 bits per heavy atom. The molecule has 0 bridgehead atoms. The van der Waals surface area contributed by atoms with Crippen LogP contribution in [0, 0.1) is 0 Å². The zero-order valence-electron chi connectivity index (χ0n) is 9.07. The van der Waals surface area contributed by atoms with Crippen molar-refractivity contribution < 1.29 is 9.00 Å². The van der Waals surface area contributed by atoms with E-state index in [1.54, 1.807) is 11.8 Å². The number of anilines is 1. The normalized spacial score (nSPS) is 24.4. The zero-order chi connectivity index (χ0) is 11.9. The van der Waals surface area contributed by atoms with Gasteiger partial charge in [0.15, 0.2) is 0 Å². The first-order chi connectivity index (χ1) is 7.56. The van der Waals surface area contributed by atoms with Gasteiger partial charge < -0.3 is 4.90 Å². The van der Waals surface area contributed by atoms with Crippen LogP contribution in [-0.2, 0) is 15.6 Å². The summed E-state index contributed by atoms with van der Waals surface area (Å²) in [5.74, 6) is -0.0635. The molecular weight excluding hydrogens is 290 g/mol. The second-order valence-electron chi connectivity index (χ2n) is 3.63. The highest BCUT2D eigenvalue weighted by Gasteiger charge is 2.34. The van der Waals surface area contributed by atoms with Crippen LogP contribution in [0.1, 0.15) is 13.8 Å². The van der Waals surface area contributed by atoms with Gasteiger partial charge in [-0.05, 0) is 32.0 Å². The van der Waals surface area contributed by atoms with Crippen molar-refractivity contribution in [2.24, 2.45) is 0 Å². The maximum Gasteiger partial charge on any atom is 0.242 e. The van der Waals surface area contributed by atoms with E-state index in [4.69, 9.17) is 0 Å². The summed E-state index contributed by atoms with van der Waals surface area (Å²) in [5, 5.41) is -0.450. The van der Waals surface area contributed by atoms with Gasteiger partial charge in [0.2, 0.25) is 5.91 Å². The van der Waals surface area contributed by atoms with Gasteiger partial charge in [-0.25, -0.2) is 0 Å². The summed E-state index contributed by atoms with van der Waals surface area (Å²) in [6.45, 7) is 4.24. The number of halogens is 1. The molecule has 2 unspecified atom stereocenters. The van der Waals surface area contributed by atoms with E-state index in [9.17, 15) is 9.00 Å². The Hall–Kier alpha value is -0.680. The van der Waals surface area contributed by atoms with Crippen molar-refractivity contribution in [3.63, 3.8) is 0 Å². The first kappa shape index (κ1) is 11.8. The Morgan fingerprint density at radius 2 is 2.19 bits per heavy atom. The molecule has 1 heterocycles. The second kappa shape index (κ2) is 4.30. The predicted octanol–water partition coefficient (Wildman–Crippen LogP) is 2.31. The van der Waals surface area contributed by atoms with Crippen molar-refractivity contribution in [2.75, 3.05) is 11.4 Å². The first-order valence-corrected chi connectivity index (χ1v) is 7.08. The van der Waals surface area contributed by atoms with Crippen molar-refractivity contribution in [1.29, 1.82) is 0 Å². The number of hydrogen-bond donors (Lipinski definition) is 0. The van der Waals surface area contributed by atoms with Crippen molar-refractivity contribution in [3.05, 3.63) is 22.7 Å². The van der Waals surface area contributed by atoms with Gasteiger partial charge in [-0.1, -0.05) is 15.9 Å². The molecule has 0 radical (unpaired) electrons. The highest BCUT2D eigenvalue weighted by atomic mass is 79.9. The van der Waals surface area contributed by atoms with Crippen LogP contribution < -0.4 is 4.90 Å². The van der Waals surface area contributed by atoms with E-state index >= 15 is 0 Å². The number of carbonyl (C=O) groups excluding carboxylic acids is 1. The standard InChI is InChI=1S/C11H12BrNO2S/c1-3-13-9-6-8(12)4-5-10(9)16(15)7(2)11(13)14/h4-7H,3H2,1-2H3. The van der Waals surface area contributed by atoms with Crippen molar-refractivity contribution in [3.8, 4) is 0 Å². The smallest absolute Gasteiger partial charge is 0.242 e. The van der Waals surface area contributed by atoms with Gasteiger partial charge in [-0.2, -0.15) is 0 Å². The quantitative estimate of drug-likeness (QED) is 0.798. The van der Waals surface area contributed by atoms with Gasteiger partial charge >= 0.3 is 0 Å². The highest BCUT2D eigenvalue weighted by molar-refractivity contribution is 9.10. The number of amides is 1. The third-order valence-electron chi connectivity index (χ3n) is 2.68. The van der Waals surface area contributed by atoms with Gasteiger partial charge in [0.25, 0.3) is 0 Å². The average molecular weight is 302 g/mol. The molecule has 1 aliphatic heterocycles.